The van der Waals surface area contributed by atoms with E-state index in [4.69, 9.17) is 11.6 Å². The zero-order valence-corrected chi connectivity index (χ0v) is 15.8. The maximum atomic E-state index is 12.5. The summed E-state index contributed by atoms with van der Waals surface area (Å²) in [6.07, 6.45) is 5.43. The lowest BCUT2D eigenvalue weighted by Crippen LogP contribution is -2.30. The molecular weight excluding hydrogens is 370 g/mol. The number of nitrogens with zero attached hydrogens (tertiary/aromatic N) is 4. The van der Waals surface area contributed by atoms with Gasteiger partial charge >= 0.3 is 0 Å². The number of carbonyl (C=O) groups excluding carboxylic acids is 1. The number of fused-ring (bicyclic) bond motifs is 1. The molecule has 1 aliphatic rings. The molecule has 6 nitrogen and oxygen atoms in total. The minimum absolute atomic E-state index is 0.00580. The molecule has 134 valence electrons. The van der Waals surface area contributed by atoms with Crippen molar-refractivity contribution in [3.63, 3.8) is 0 Å². The van der Waals surface area contributed by atoms with Gasteiger partial charge in [-0.2, -0.15) is 5.10 Å². The monoisotopic (exact) mass is 387 g/mol. The van der Waals surface area contributed by atoms with Gasteiger partial charge in [0.05, 0.1) is 0 Å². The number of carbonyl (C=O) groups is 1. The highest BCUT2D eigenvalue weighted by Gasteiger charge is 2.26. The zero-order chi connectivity index (χ0) is 18.1. The molecular formula is C18H18ClN5OS. The lowest BCUT2D eigenvalue weighted by atomic mass is 9.97. The summed E-state index contributed by atoms with van der Waals surface area (Å²) < 4.78 is 1.86. The highest BCUT2D eigenvalue weighted by atomic mass is 35.5. The Labute approximate surface area is 160 Å². The third kappa shape index (κ3) is 3.50. The predicted molar refractivity (Wildman–Crippen MR) is 102 cm³/mol. The van der Waals surface area contributed by atoms with Gasteiger partial charge in [0.25, 0.3) is 0 Å². The average molecular weight is 388 g/mol. The summed E-state index contributed by atoms with van der Waals surface area (Å²) >= 11 is 7.86. The number of hydrogen-bond donors (Lipinski definition) is 1. The predicted octanol–water partition coefficient (Wildman–Crippen LogP) is 3.49. The van der Waals surface area contributed by atoms with Crippen LogP contribution in [0.5, 0.6) is 0 Å². The number of rotatable bonds is 4. The summed E-state index contributed by atoms with van der Waals surface area (Å²) in [7, 11) is 0. The Morgan fingerprint density at radius 1 is 1.42 bits per heavy atom. The number of amides is 1. The van der Waals surface area contributed by atoms with Crippen molar-refractivity contribution >= 4 is 34.0 Å². The van der Waals surface area contributed by atoms with Crippen molar-refractivity contribution in [1.29, 1.82) is 0 Å². The minimum atomic E-state index is -0.0923. The Kier molecular flexibility index (Phi) is 4.74. The van der Waals surface area contributed by atoms with Gasteiger partial charge in [0.15, 0.2) is 5.13 Å². The van der Waals surface area contributed by atoms with Crippen LogP contribution in [0, 0.1) is 12.8 Å². The molecule has 1 aromatic carbocycles. The summed E-state index contributed by atoms with van der Waals surface area (Å²) in [5.74, 6) is 0.768. The van der Waals surface area contributed by atoms with E-state index in [0.29, 0.717) is 18.0 Å². The van der Waals surface area contributed by atoms with Crippen LogP contribution in [0.2, 0.25) is 5.02 Å². The molecule has 1 amide bonds. The molecule has 1 aliphatic heterocycles. The number of aromatic nitrogens is 4. The van der Waals surface area contributed by atoms with Crippen LogP contribution in [0.4, 0.5) is 5.13 Å². The molecule has 1 N–H and O–H groups in total. The van der Waals surface area contributed by atoms with Crippen LogP contribution in [0.3, 0.4) is 0 Å². The van der Waals surface area contributed by atoms with Gasteiger partial charge in [-0.25, -0.2) is 9.97 Å². The average Bonchev–Trinajstić information content (AvgIpc) is 3.27. The Morgan fingerprint density at radius 3 is 3.19 bits per heavy atom. The first-order valence-corrected chi connectivity index (χ1v) is 9.66. The topological polar surface area (TPSA) is 72.7 Å². The van der Waals surface area contributed by atoms with Gasteiger partial charge in [0.1, 0.15) is 12.2 Å². The van der Waals surface area contributed by atoms with Crippen molar-refractivity contribution < 1.29 is 4.79 Å². The second-order valence-electron chi connectivity index (χ2n) is 6.43. The molecule has 0 fully saturated rings. The standard InChI is InChI=1S/C18H18ClN5OS/c1-11-3-2-4-12(16(11)19)7-14-9-20-18(26-14)23-17(25)13-5-6-24-15(8-13)21-10-22-24/h2-4,9-10,13H,5-8H2,1H3,(H,20,23,25). The van der Waals surface area contributed by atoms with Crippen molar-refractivity contribution in [2.75, 3.05) is 5.32 Å². The van der Waals surface area contributed by atoms with Crippen LogP contribution in [-0.4, -0.2) is 25.7 Å². The maximum Gasteiger partial charge on any atom is 0.229 e. The fourth-order valence-corrected chi connectivity index (χ4v) is 4.18. The van der Waals surface area contributed by atoms with Crippen molar-refractivity contribution in [1.82, 2.24) is 19.7 Å². The molecule has 2 aromatic heterocycles. The summed E-state index contributed by atoms with van der Waals surface area (Å²) in [6, 6.07) is 6.02. The molecule has 0 spiro atoms. The van der Waals surface area contributed by atoms with E-state index in [1.807, 2.05) is 29.8 Å². The number of nitrogens with one attached hydrogen (secondary N) is 1. The highest BCUT2D eigenvalue weighted by Crippen LogP contribution is 2.27. The van der Waals surface area contributed by atoms with Crippen molar-refractivity contribution in [2.45, 2.75) is 32.7 Å². The molecule has 8 heteroatoms. The minimum Gasteiger partial charge on any atom is -0.302 e. The molecule has 0 aliphatic carbocycles. The van der Waals surface area contributed by atoms with E-state index in [0.717, 1.165) is 39.8 Å². The smallest absolute Gasteiger partial charge is 0.229 e. The number of anilines is 1. The van der Waals surface area contributed by atoms with Crippen molar-refractivity contribution in [2.24, 2.45) is 5.92 Å². The first kappa shape index (κ1) is 17.2. The number of halogens is 1. The summed E-state index contributed by atoms with van der Waals surface area (Å²) in [5, 5.41) is 8.50. The Bertz CT molecular complexity index is 951. The van der Waals surface area contributed by atoms with E-state index in [-0.39, 0.29) is 11.8 Å². The van der Waals surface area contributed by atoms with E-state index in [9.17, 15) is 4.79 Å². The summed E-state index contributed by atoms with van der Waals surface area (Å²) in [5.41, 5.74) is 2.13. The highest BCUT2D eigenvalue weighted by molar-refractivity contribution is 7.15. The largest absolute Gasteiger partial charge is 0.302 e. The normalized spacial score (nSPS) is 16.3. The van der Waals surface area contributed by atoms with E-state index in [1.54, 1.807) is 12.5 Å². The molecule has 0 saturated carbocycles. The third-order valence-electron chi connectivity index (χ3n) is 4.61. The van der Waals surface area contributed by atoms with Crippen LogP contribution >= 0.6 is 22.9 Å². The molecule has 0 radical (unpaired) electrons. The molecule has 1 unspecified atom stereocenters. The van der Waals surface area contributed by atoms with Crippen LogP contribution in [0.15, 0.2) is 30.7 Å². The maximum absolute atomic E-state index is 12.5. The van der Waals surface area contributed by atoms with Gasteiger partial charge in [-0.05, 0) is 24.5 Å². The SMILES string of the molecule is Cc1cccc(Cc2cnc(NC(=O)C3CCn4ncnc4C3)s2)c1Cl. The number of aryl methyl sites for hydroxylation is 2. The lowest BCUT2D eigenvalue weighted by molar-refractivity contribution is -0.120. The van der Waals surface area contributed by atoms with Gasteiger partial charge in [-0.15, -0.1) is 11.3 Å². The van der Waals surface area contributed by atoms with E-state index in [1.165, 1.54) is 11.3 Å². The summed E-state index contributed by atoms with van der Waals surface area (Å²) in [6.45, 7) is 2.72. The quantitative estimate of drug-likeness (QED) is 0.743. The van der Waals surface area contributed by atoms with Gasteiger partial charge in [0, 0.05) is 41.4 Å². The first-order valence-electron chi connectivity index (χ1n) is 8.46. The fourth-order valence-electron chi connectivity index (χ4n) is 3.14. The van der Waals surface area contributed by atoms with Crippen LogP contribution in [-0.2, 0) is 24.2 Å². The van der Waals surface area contributed by atoms with E-state index < -0.39 is 0 Å². The Balaban J connectivity index is 1.41. The molecule has 0 saturated heterocycles. The van der Waals surface area contributed by atoms with Gasteiger partial charge in [0.2, 0.25) is 5.91 Å². The second kappa shape index (κ2) is 7.17. The van der Waals surface area contributed by atoms with Crippen LogP contribution < -0.4 is 5.32 Å². The zero-order valence-electron chi connectivity index (χ0n) is 14.3. The number of hydrogen-bond acceptors (Lipinski definition) is 5. The molecule has 1 atom stereocenters. The van der Waals surface area contributed by atoms with E-state index in [2.05, 4.69) is 20.4 Å². The molecule has 26 heavy (non-hydrogen) atoms. The van der Waals surface area contributed by atoms with Crippen LogP contribution in [0.25, 0.3) is 0 Å². The number of benzene rings is 1. The van der Waals surface area contributed by atoms with Gasteiger partial charge in [-0.1, -0.05) is 29.8 Å². The Morgan fingerprint density at radius 2 is 2.31 bits per heavy atom. The molecule has 4 rings (SSSR count). The first-order chi connectivity index (χ1) is 12.6. The molecule has 3 aromatic rings. The second-order valence-corrected chi connectivity index (χ2v) is 7.93. The third-order valence-corrected chi connectivity index (χ3v) is 6.06. The van der Waals surface area contributed by atoms with Crippen molar-refractivity contribution in [3.05, 3.63) is 57.6 Å². The van der Waals surface area contributed by atoms with Crippen molar-refractivity contribution in [3.8, 4) is 0 Å². The summed E-state index contributed by atoms with van der Waals surface area (Å²) in [4.78, 5) is 22.2. The molecule has 3 heterocycles. The fraction of sp³-hybridized carbons (Fsp3) is 0.333. The van der Waals surface area contributed by atoms with E-state index >= 15 is 0 Å². The van der Waals surface area contributed by atoms with Gasteiger partial charge in [-0.3, -0.25) is 9.48 Å². The van der Waals surface area contributed by atoms with Crippen LogP contribution in [0.1, 0.15) is 28.2 Å². The van der Waals surface area contributed by atoms with Gasteiger partial charge < -0.3 is 5.32 Å². The Hall–Kier alpha value is -2.25. The lowest BCUT2D eigenvalue weighted by Gasteiger charge is -2.20. The number of thiazole rings is 1. The molecule has 0 bridgehead atoms.